The molecular formula is C34H28Cl2N2O8. The van der Waals surface area contributed by atoms with Gasteiger partial charge in [0.15, 0.2) is 23.0 Å². The molecule has 0 saturated heterocycles. The smallest absolute Gasteiger partial charge is 0.343 e. The molecule has 10 nitrogen and oxygen atoms in total. The first kappa shape index (κ1) is 32.2. The van der Waals surface area contributed by atoms with Crippen LogP contribution in [0.25, 0.3) is 0 Å². The number of nitriles is 1. The molecule has 4 aromatic rings. The van der Waals surface area contributed by atoms with Gasteiger partial charge in [-0.1, -0.05) is 41.4 Å². The molecule has 0 amide bonds. The van der Waals surface area contributed by atoms with Gasteiger partial charge in [-0.05, 0) is 48.0 Å². The summed E-state index contributed by atoms with van der Waals surface area (Å²) in [5.41, 5.74) is 8.66. The van der Waals surface area contributed by atoms with Crippen molar-refractivity contribution in [3.05, 3.63) is 110 Å². The van der Waals surface area contributed by atoms with E-state index in [4.69, 9.17) is 62.1 Å². The normalized spacial score (nSPS) is 13.5. The Balaban J connectivity index is 1.43. The molecule has 1 atom stereocenters. The molecule has 0 fully saturated rings. The molecule has 0 bridgehead atoms. The van der Waals surface area contributed by atoms with E-state index in [-0.39, 0.29) is 29.4 Å². The fourth-order valence-corrected chi connectivity index (χ4v) is 5.45. The average Bonchev–Trinajstić information content (AvgIpc) is 3.06. The molecule has 46 heavy (non-hydrogen) atoms. The van der Waals surface area contributed by atoms with Gasteiger partial charge in [0, 0.05) is 27.2 Å². The standard InChI is InChI=1S/C34H28Cl2N2O8/c1-40-28-11-18(6-10-26(28)44-17-19-5-7-21(35)14-25(19)36)31-23-9-8-22(15-27(23)46-33(38)24(31)16-37)45-34(39)20-12-29(41-2)32(43-4)30(13-20)42-3/h5-15,31H,17,38H2,1-4H3. The van der Waals surface area contributed by atoms with Crippen molar-refractivity contribution in [2.75, 3.05) is 28.4 Å². The number of hydrogen-bond donors (Lipinski definition) is 1. The lowest BCUT2D eigenvalue weighted by atomic mass is 9.83. The van der Waals surface area contributed by atoms with Crippen molar-refractivity contribution in [2.45, 2.75) is 12.5 Å². The summed E-state index contributed by atoms with van der Waals surface area (Å²) < 4.78 is 39.1. The summed E-state index contributed by atoms with van der Waals surface area (Å²) in [5, 5.41) is 11.0. The van der Waals surface area contributed by atoms with Gasteiger partial charge in [0.2, 0.25) is 11.6 Å². The topological polar surface area (TPSA) is 131 Å². The van der Waals surface area contributed by atoms with Crippen LogP contribution in [-0.2, 0) is 6.61 Å². The van der Waals surface area contributed by atoms with E-state index in [1.807, 2.05) is 6.07 Å². The Hall–Kier alpha value is -5.24. The molecule has 1 aliphatic heterocycles. The lowest BCUT2D eigenvalue weighted by molar-refractivity contribution is 0.0733. The average molecular weight is 664 g/mol. The van der Waals surface area contributed by atoms with E-state index in [9.17, 15) is 10.1 Å². The third-order valence-electron chi connectivity index (χ3n) is 7.22. The van der Waals surface area contributed by atoms with E-state index in [0.717, 1.165) is 5.56 Å². The van der Waals surface area contributed by atoms with Gasteiger partial charge in [-0.25, -0.2) is 4.79 Å². The summed E-state index contributed by atoms with van der Waals surface area (Å²) in [6.07, 6.45) is 0. The highest BCUT2D eigenvalue weighted by atomic mass is 35.5. The first-order valence-corrected chi connectivity index (χ1v) is 14.4. The van der Waals surface area contributed by atoms with Crippen LogP contribution in [0.1, 0.15) is 33.0 Å². The number of ether oxygens (including phenoxy) is 7. The molecule has 0 radical (unpaired) electrons. The first-order chi connectivity index (χ1) is 22.2. The van der Waals surface area contributed by atoms with E-state index < -0.39 is 11.9 Å². The third kappa shape index (κ3) is 6.42. The maximum atomic E-state index is 13.1. The Labute approximate surface area is 275 Å². The summed E-state index contributed by atoms with van der Waals surface area (Å²) in [5.74, 6) is 0.977. The van der Waals surface area contributed by atoms with Crippen molar-refractivity contribution in [3.63, 3.8) is 0 Å². The number of fused-ring (bicyclic) bond motifs is 1. The second-order valence-electron chi connectivity index (χ2n) is 9.86. The Morgan fingerprint density at radius 2 is 1.59 bits per heavy atom. The SMILES string of the molecule is COc1cc(C2C(C#N)=C(N)Oc3cc(OC(=O)c4cc(OC)c(OC)c(OC)c4)ccc32)ccc1OCc1ccc(Cl)cc1Cl. The lowest BCUT2D eigenvalue weighted by Crippen LogP contribution is -2.21. The van der Waals surface area contributed by atoms with E-state index in [2.05, 4.69) is 6.07 Å². The minimum Gasteiger partial charge on any atom is -0.493 e. The van der Waals surface area contributed by atoms with Crippen LogP contribution in [0.4, 0.5) is 0 Å². The molecule has 0 aromatic heterocycles. The molecular weight excluding hydrogens is 635 g/mol. The highest BCUT2D eigenvalue weighted by Crippen LogP contribution is 2.45. The maximum absolute atomic E-state index is 13.1. The quantitative estimate of drug-likeness (QED) is 0.139. The minimum atomic E-state index is -0.673. The molecule has 0 saturated carbocycles. The summed E-state index contributed by atoms with van der Waals surface area (Å²) in [6.45, 7) is 0.180. The second kappa shape index (κ2) is 13.8. The van der Waals surface area contributed by atoms with Gasteiger partial charge in [0.1, 0.15) is 29.7 Å². The summed E-state index contributed by atoms with van der Waals surface area (Å²) in [4.78, 5) is 13.1. The zero-order chi connectivity index (χ0) is 33.0. The van der Waals surface area contributed by atoms with Gasteiger partial charge in [-0.15, -0.1) is 0 Å². The van der Waals surface area contributed by atoms with Crippen molar-refractivity contribution < 1.29 is 38.0 Å². The maximum Gasteiger partial charge on any atom is 0.343 e. The number of hydrogen-bond acceptors (Lipinski definition) is 10. The number of allylic oxidation sites excluding steroid dienone is 1. The van der Waals surface area contributed by atoms with Crippen molar-refractivity contribution in [1.82, 2.24) is 0 Å². The molecule has 12 heteroatoms. The minimum absolute atomic E-state index is 0.0789. The van der Waals surface area contributed by atoms with Crippen LogP contribution in [0.15, 0.2) is 78.2 Å². The number of rotatable bonds is 10. The number of halogens is 2. The predicted molar refractivity (Wildman–Crippen MR) is 171 cm³/mol. The molecule has 236 valence electrons. The predicted octanol–water partition coefficient (Wildman–Crippen LogP) is 7.04. The Morgan fingerprint density at radius 1 is 0.870 bits per heavy atom. The van der Waals surface area contributed by atoms with Gasteiger partial charge in [0.25, 0.3) is 0 Å². The number of benzene rings is 4. The van der Waals surface area contributed by atoms with Crippen LogP contribution in [0.5, 0.6) is 40.2 Å². The highest BCUT2D eigenvalue weighted by molar-refractivity contribution is 6.35. The Morgan fingerprint density at radius 3 is 2.22 bits per heavy atom. The van der Waals surface area contributed by atoms with E-state index in [1.165, 1.54) is 46.6 Å². The van der Waals surface area contributed by atoms with E-state index in [0.29, 0.717) is 55.7 Å². The number of carbonyl (C=O) groups excluding carboxylic acids is 1. The third-order valence-corrected chi connectivity index (χ3v) is 7.81. The van der Waals surface area contributed by atoms with E-state index in [1.54, 1.807) is 42.5 Å². The monoisotopic (exact) mass is 662 g/mol. The largest absolute Gasteiger partial charge is 0.493 e. The van der Waals surface area contributed by atoms with Crippen LogP contribution >= 0.6 is 23.2 Å². The summed E-state index contributed by atoms with van der Waals surface area (Å²) in [7, 11) is 5.88. The van der Waals surface area contributed by atoms with Crippen LogP contribution in [-0.4, -0.2) is 34.4 Å². The molecule has 0 aliphatic carbocycles. The summed E-state index contributed by atoms with van der Waals surface area (Å²) in [6, 6.07) is 20.5. The lowest BCUT2D eigenvalue weighted by Gasteiger charge is -2.27. The highest BCUT2D eigenvalue weighted by Gasteiger charge is 2.32. The van der Waals surface area contributed by atoms with E-state index >= 15 is 0 Å². The fraction of sp³-hybridized carbons (Fsp3) is 0.176. The van der Waals surface area contributed by atoms with Crippen molar-refractivity contribution in [3.8, 4) is 46.3 Å². The number of carbonyl (C=O) groups is 1. The van der Waals surface area contributed by atoms with Crippen LogP contribution < -0.4 is 38.9 Å². The van der Waals surface area contributed by atoms with Crippen molar-refractivity contribution in [2.24, 2.45) is 5.73 Å². The van der Waals surface area contributed by atoms with Gasteiger partial charge >= 0.3 is 5.97 Å². The van der Waals surface area contributed by atoms with Gasteiger partial charge < -0.3 is 38.9 Å². The Kier molecular flexibility index (Phi) is 9.66. The van der Waals surface area contributed by atoms with Gasteiger partial charge in [0.05, 0.1) is 39.9 Å². The fourth-order valence-electron chi connectivity index (χ4n) is 4.98. The first-order valence-electron chi connectivity index (χ1n) is 13.7. The van der Waals surface area contributed by atoms with Crippen LogP contribution in [0.2, 0.25) is 10.0 Å². The van der Waals surface area contributed by atoms with Crippen molar-refractivity contribution >= 4 is 29.2 Å². The molecule has 1 aliphatic rings. The second-order valence-corrected chi connectivity index (χ2v) is 10.7. The summed E-state index contributed by atoms with van der Waals surface area (Å²) >= 11 is 12.3. The number of nitrogens with zero attached hydrogens (tertiary/aromatic N) is 1. The molecule has 5 rings (SSSR count). The molecule has 1 unspecified atom stereocenters. The van der Waals surface area contributed by atoms with Crippen LogP contribution in [0.3, 0.4) is 0 Å². The zero-order valence-electron chi connectivity index (χ0n) is 25.2. The zero-order valence-corrected chi connectivity index (χ0v) is 26.7. The number of nitrogens with two attached hydrogens (primary N) is 1. The number of esters is 1. The molecule has 2 N–H and O–H groups in total. The van der Waals surface area contributed by atoms with Gasteiger partial charge in [-0.2, -0.15) is 5.26 Å². The van der Waals surface area contributed by atoms with Gasteiger partial charge in [-0.3, -0.25) is 0 Å². The van der Waals surface area contributed by atoms with Crippen LogP contribution in [0, 0.1) is 11.3 Å². The Bertz CT molecular complexity index is 1860. The molecule has 4 aromatic carbocycles. The van der Waals surface area contributed by atoms with Crippen molar-refractivity contribution in [1.29, 1.82) is 5.26 Å². The number of methoxy groups -OCH3 is 4. The molecule has 1 heterocycles. The molecule has 0 spiro atoms.